The average Bonchev–Trinajstić information content (AvgIpc) is 3.42. The summed E-state index contributed by atoms with van der Waals surface area (Å²) >= 11 is 3.02. The Morgan fingerprint density at radius 3 is 1.09 bits per heavy atom. The zero-order chi connectivity index (χ0) is 21.5. The van der Waals surface area contributed by atoms with Crippen molar-refractivity contribution >= 4 is 71.3 Å². The maximum atomic E-state index is 12.3. The van der Waals surface area contributed by atoms with E-state index in [0.29, 0.717) is 4.47 Å². The quantitative estimate of drug-likeness (QED) is 0.153. The van der Waals surface area contributed by atoms with Gasteiger partial charge in [0, 0.05) is 13.2 Å². The number of rotatable bonds is 0. The Labute approximate surface area is 215 Å². The van der Waals surface area contributed by atoms with E-state index >= 15 is 0 Å². The topological polar surface area (TPSA) is 9.23 Å². The van der Waals surface area contributed by atoms with Crippen LogP contribution in [0, 0.1) is 5.82 Å². The monoisotopic (exact) mass is 500 g/mol. The van der Waals surface area contributed by atoms with E-state index in [2.05, 4.69) is 88.7 Å². The normalized spacial score (nSPS) is 12.4. The second-order valence-electron chi connectivity index (χ2n) is 7.37. The van der Waals surface area contributed by atoms with E-state index in [1.165, 1.54) is 51.2 Å². The Morgan fingerprint density at radius 2 is 0.875 bits per heavy atom. The fourth-order valence-corrected chi connectivity index (χ4v) is 4.09. The van der Waals surface area contributed by atoms with Crippen molar-refractivity contribution < 1.29 is 12.0 Å². The Morgan fingerprint density at radius 1 is 0.562 bits per heavy atom. The molecule has 1 fully saturated rings. The molecule has 5 aromatic rings. The van der Waals surface area contributed by atoms with Crippen LogP contribution in [0.2, 0.25) is 0 Å². The van der Waals surface area contributed by atoms with Crippen LogP contribution in [0.25, 0.3) is 32.3 Å². The SMILES string of the molecule is C1CCOC1.Fc1ccccc1Br.[H-].[H-].[Mg+2].c1ccc2c(c1)c1ccccc1c1ccccc21. The molecule has 0 unspecified atom stereocenters. The van der Waals surface area contributed by atoms with Crippen LogP contribution < -0.4 is 0 Å². The smallest absolute Gasteiger partial charge is 1.00 e. The van der Waals surface area contributed by atoms with Gasteiger partial charge in [0.15, 0.2) is 0 Å². The van der Waals surface area contributed by atoms with E-state index in [4.69, 9.17) is 4.74 Å². The van der Waals surface area contributed by atoms with Crippen molar-refractivity contribution in [3.05, 3.63) is 107 Å². The maximum absolute atomic E-state index is 12.3. The van der Waals surface area contributed by atoms with E-state index in [0.717, 1.165) is 13.2 Å². The molecule has 0 bridgehead atoms. The summed E-state index contributed by atoms with van der Waals surface area (Å²) in [5, 5.41) is 8.04. The fraction of sp³-hybridized carbons (Fsp3) is 0.143. The largest absolute Gasteiger partial charge is 2.00 e. The summed E-state index contributed by atoms with van der Waals surface area (Å²) in [5.41, 5.74) is 0. The fourth-order valence-electron chi connectivity index (χ4n) is 3.81. The molecule has 1 saturated heterocycles. The van der Waals surface area contributed by atoms with E-state index in [9.17, 15) is 4.39 Å². The van der Waals surface area contributed by atoms with Crippen molar-refractivity contribution in [2.75, 3.05) is 13.2 Å². The molecule has 0 spiro atoms. The molecular formula is C28H26BrFMgO. The minimum atomic E-state index is -0.215. The van der Waals surface area contributed by atoms with Crippen LogP contribution in [0.5, 0.6) is 0 Å². The first-order valence-corrected chi connectivity index (χ1v) is 11.3. The molecule has 1 aliphatic rings. The van der Waals surface area contributed by atoms with Crippen LogP contribution in [-0.2, 0) is 4.74 Å². The van der Waals surface area contributed by atoms with Gasteiger partial charge in [0.2, 0.25) is 0 Å². The third-order valence-corrected chi connectivity index (χ3v) is 5.95. The third-order valence-electron chi connectivity index (χ3n) is 5.30. The van der Waals surface area contributed by atoms with Crippen molar-refractivity contribution in [1.29, 1.82) is 0 Å². The molecule has 0 aliphatic carbocycles. The van der Waals surface area contributed by atoms with Gasteiger partial charge in [-0.05, 0) is 73.2 Å². The van der Waals surface area contributed by atoms with Crippen LogP contribution >= 0.6 is 15.9 Å². The third kappa shape index (κ3) is 5.87. The van der Waals surface area contributed by atoms with Crippen molar-refractivity contribution in [1.82, 2.24) is 0 Å². The number of hydrogen-bond donors (Lipinski definition) is 0. The first-order chi connectivity index (χ1) is 15.3. The summed E-state index contributed by atoms with van der Waals surface area (Å²) in [7, 11) is 0. The molecule has 32 heavy (non-hydrogen) atoms. The van der Waals surface area contributed by atoms with Crippen LogP contribution in [0.3, 0.4) is 0 Å². The number of hydrogen-bond acceptors (Lipinski definition) is 1. The predicted molar refractivity (Wildman–Crippen MR) is 141 cm³/mol. The predicted octanol–water partition coefficient (Wildman–Crippen LogP) is 8.38. The Kier molecular flexibility index (Phi) is 9.48. The molecule has 0 atom stereocenters. The first-order valence-electron chi connectivity index (χ1n) is 10.5. The van der Waals surface area contributed by atoms with Crippen LogP contribution in [-0.4, -0.2) is 36.3 Å². The number of benzene rings is 5. The maximum Gasteiger partial charge on any atom is 2.00 e. The van der Waals surface area contributed by atoms with E-state index < -0.39 is 0 Å². The van der Waals surface area contributed by atoms with Crippen LogP contribution in [0.1, 0.15) is 15.7 Å². The summed E-state index contributed by atoms with van der Waals surface area (Å²) in [6, 6.07) is 32.5. The minimum Gasteiger partial charge on any atom is -1.00 e. The molecule has 0 radical (unpaired) electrons. The first kappa shape index (κ1) is 24.7. The van der Waals surface area contributed by atoms with Gasteiger partial charge >= 0.3 is 23.1 Å². The van der Waals surface area contributed by atoms with Gasteiger partial charge in [-0.1, -0.05) is 84.9 Å². The zero-order valence-corrected chi connectivity index (χ0v) is 20.9. The number of ether oxygens (including phenoxy) is 1. The van der Waals surface area contributed by atoms with Crippen LogP contribution in [0.15, 0.2) is 102 Å². The van der Waals surface area contributed by atoms with Gasteiger partial charge < -0.3 is 7.59 Å². The molecule has 0 amide bonds. The number of fused-ring (bicyclic) bond motifs is 6. The molecule has 1 nitrogen and oxygen atoms in total. The van der Waals surface area contributed by atoms with Gasteiger partial charge in [-0.2, -0.15) is 0 Å². The van der Waals surface area contributed by atoms with Crippen LogP contribution in [0.4, 0.5) is 4.39 Å². The summed E-state index contributed by atoms with van der Waals surface area (Å²) in [4.78, 5) is 0. The van der Waals surface area contributed by atoms with Crippen molar-refractivity contribution in [2.45, 2.75) is 12.8 Å². The minimum absolute atomic E-state index is 0. The van der Waals surface area contributed by atoms with E-state index in [1.807, 2.05) is 0 Å². The molecule has 0 N–H and O–H groups in total. The van der Waals surface area contributed by atoms with Crippen molar-refractivity contribution in [3.8, 4) is 0 Å². The summed E-state index contributed by atoms with van der Waals surface area (Å²) in [6.07, 6.45) is 2.56. The second kappa shape index (κ2) is 12.3. The van der Waals surface area contributed by atoms with Gasteiger partial charge in [-0.25, -0.2) is 4.39 Å². The molecule has 6 rings (SSSR count). The Hall–Kier alpha value is -1.98. The summed E-state index contributed by atoms with van der Waals surface area (Å²) in [5.74, 6) is -0.215. The standard InChI is InChI=1S/C18H12.C6H4BrF.C4H8O.Mg.2H/c1-2-8-14-13(7-1)15-9-3-4-11-17(15)18-12-6-5-10-16(14)18;7-5-3-1-2-4-6(5)8;1-2-4-5-3-1;;;/h1-12H;1-4H;1-4H2;;;/q;;;+2;2*-1. The summed E-state index contributed by atoms with van der Waals surface area (Å²) in [6.45, 7) is 2.00. The molecule has 1 aliphatic heterocycles. The molecule has 5 aromatic carbocycles. The molecular weight excluding hydrogens is 476 g/mol. The molecule has 4 heteroatoms. The average molecular weight is 502 g/mol. The van der Waals surface area contributed by atoms with Crippen molar-refractivity contribution in [2.24, 2.45) is 0 Å². The molecule has 1 heterocycles. The molecule has 0 aromatic heterocycles. The van der Waals surface area contributed by atoms with Gasteiger partial charge in [-0.15, -0.1) is 0 Å². The van der Waals surface area contributed by atoms with E-state index in [-0.39, 0.29) is 31.7 Å². The van der Waals surface area contributed by atoms with Gasteiger partial charge in [-0.3, -0.25) is 0 Å². The Balaban J connectivity index is 0.000000305. The van der Waals surface area contributed by atoms with Gasteiger partial charge in [0.05, 0.1) is 4.47 Å². The Bertz CT molecular complexity index is 1060. The van der Waals surface area contributed by atoms with E-state index in [1.54, 1.807) is 18.2 Å². The molecule has 0 saturated carbocycles. The van der Waals surface area contributed by atoms with Gasteiger partial charge in [0.25, 0.3) is 0 Å². The second-order valence-corrected chi connectivity index (χ2v) is 8.22. The van der Waals surface area contributed by atoms with Crippen molar-refractivity contribution in [3.63, 3.8) is 0 Å². The summed E-state index contributed by atoms with van der Waals surface area (Å²) < 4.78 is 17.7. The zero-order valence-electron chi connectivity index (χ0n) is 19.9. The number of halogens is 2. The van der Waals surface area contributed by atoms with Gasteiger partial charge in [0.1, 0.15) is 5.82 Å². The molecule has 160 valence electrons.